The van der Waals surface area contributed by atoms with E-state index in [1.807, 2.05) is 36.9 Å². The number of aromatic nitrogens is 1. The summed E-state index contributed by atoms with van der Waals surface area (Å²) in [5.74, 6) is -1.02. The van der Waals surface area contributed by atoms with Gasteiger partial charge in [0.05, 0.1) is 0 Å². The van der Waals surface area contributed by atoms with E-state index in [9.17, 15) is 14.7 Å². The fourth-order valence-corrected chi connectivity index (χ4v) is 4.61. The molecule has 7 heteroatoms. The second-order valence-corrected chi connectivity index (χ2v) is 9.20. The predicted molar refractivity (Wildman–Crippen MR) is 132 cm³/mol. The van der Waals surface area contributed by atoms with Gasteiger partial charge in [-0.25, -0.2) is 0 Å². The van der Waals surface area contributed by atoms with E-state index in [-0.39, 0.29) is 11.8 Å². The quantitative estimate of drug-likeness (QED) is 0.522. The van der Waals surface area contributed by atoms with Gasteiger partial charge in [-0.2, -0.15) is 0 Å². The lowest BCUT2D eigenvalue weighted by molar-refractivity contribution is -0.143. The summed E-state index contributed by atoms with van der Waals surface area (Å²) in [7, 11) is 0. The Kier molecular flexibility index (Phi) is 6.42. The first-order valence-corrected chi connectivity index (χ1v) is 11.5. The molecular formula is C26H32N4O3. The summed E-state index contributed by atoms with van der Waals surface area (Å²) in [6.45, 7) is 10.8. The van der Waals surface area contributed by atoms with Crippen molar-refractivity contribution >= 4 is 34.2 Å². The molecule has 0 radical (unpaired) electrons. The Bertz CT molecular complexity index is 1180. The average molecular weight is 449 g/mol. The second kappa shape index (κ2) is 9.27. The zero-order valence-corrected chi connectivity index (χ0v) is 19.7. The molecule has 174 valence electrons. The van der Waals surface area contributed by atoms with Crippen LogP contribution in [0, 0.1) is 19.8 Å². The molecule has 2 heterocycles. The first-order valence-electron chi connectivity index (χ1n) is 11.5. The number of piperazine rings is 1. The van der Waals surface area contributed by atoms with Crippen molar-refractivity contribution in [3.63, 3.8) is 0 Å². The van der Waals surface area contributed by atoms with Crippen molar-refractivity contribution < 1.29 is 14.7 Å². The Balaban J connectivity index is 1.53. The number of aliphatic carboxylic acids is 1. The number of nitrogens with one attached hydrogen (secondary N) is 2. The van der Waals surface area contributed by atoms with E-state index in [1.165, 1.54) is 16.8 Å². The van der Waals surface area contributed by atoms with E-state index in [1.54, 1.807) is 6.20 Å². The Morgan fingerprint density at radius 3 is 2.39 bits per heavy atom. The maximum Gasteiger partial charge on any atom is 0.325 e. The van der Waals surface area contributed by atoms with E-state index in [0.29, 0.717) is 18.8 Å². The highest BCUT2D eigenvalue weighted by Crippen LogP contribution is 2.32. The molecular weight excluding hydrogens is 416 g/mol. The fourth-order valence-electron chi connectivity index (χ4n) is 4.61. The van der Waals surface area contributed by atoms with Gasteiger partial charge in [-0.05, 0) is 37.6 Å². The summed E-state index contributed by atoms with van der Waals surface area (Å²) in [4.78, 5) is 31.9. The summed E-state index contributed by atoms with van der Waals surface area (Å²) in [5.41, 5.74) is 5.96. The Morgan fingerprint density at radius 2 is 1.76 bits per heavy atom. The number of benzene rings is 2. The number of amides is 1. The summed E-state index contributed by atoms with van der Waals surface area (Å²) < 4.78 is 0. The molecule has 1 aliphatic rings. The molecule has 7 nitrogen and oxygen atoms in total. The van der Waals surface area contributed by atoms with E-state index < -0.39 is 12.0 Å². The Hall–Kier alpha value is -3.32. The largest absolute Gasteiger partial charge is 0.480 e. The molecule has 1 atom stereocenters. The van der Waals surface area contributed by atoms with Gasteiger partial charge in [-0.3, -0.25) is 14.5 Å². The van der Waals surface area contributed by atoms with Gasteiger partial charge in [0.15, 0.2) is 0 Å². The number of fused-ring (bicyclic) bond motifs is 1. The second-order valence-electron chi connectivity index (χ2n) is 9.20. The molecule has 1 saturated heterocycles. The number of carboxylic acids is 1. The lowest BCUT2D eigenvalue weighted by atomic mass is 10.0. The number of carboxylic acid groups (broad SMARTS) is 1. The number of anilines is 2. The van der Waals surface area contributed by atoms with Crippen LogP contribution in [-0.4, -0.2) is 53.0 Å². The number of H-pyrrole nitrogens is 1. The van der Waals surface area contributed by atoms with Crippen molar-refractivity contribution in [3.8, 4) is 0 Å². The molecule has 1 aromatic heterocycles. The molecule has 1 fully saturated rings. The number of rotatable bonds is 6. The average Bonchev–Trinajstić information content (AvgIpc) is 3.17. The van der Waals surface area contributed by atoms with Crippen molar-refractivity contribution in [2.24, 2.45) is 5.92 Å². The number of aromatic amines is 1. The minimum absolute atomic E-state index is 0.0498. The molecule has 0 spiro atoms. The molecule has 0 aliphatic carbocycles. The summed E-state index contributed by atoms with van der Waals surface area (Å²) in [5, 5.41) is 13.9. The van der Waals surface area contributed by atoms with Crippen molar-refractivity contribution in [3.05, 3.63) is 59.3 Å². The smallest absolute Gasteiger partial charge is 0.325 e. The minimum atomic E-state index is -0.854. The lowest BCUT2D eigenvalue weighted by Crippen LogP contribution is -2.49. The van der Waals surface area contributed by atoms with Gasteiger partial charge >= 0.3 is 5.97 Å². The van der Waals surface area contributed by atoms with Crippen LogP contribution in [0.5, 0.6) is 0 Å². The van der Waals surface area contributed by atoms with Gasteiger partial charge in [0.25, 0.3) is 0 Å². The molecule has 0 saturated carbocycles. The van der Waals surface area contributed by atoms with Crippen LogP contribution in [-0.2, 0) is 9.59 Å². The molecule has 1 amide bonds. The zero-order chi connectivity index (χ0) is 23.7. The third-order valence-electron chi connectivity index (χ3n) is 6.41. The number of nitrogens with zero attached hydrogens (tertiary/aromatic N) is 2. The summed E-state index contributed by atoms with van der Waals surface area (Å²) >= 11 is 0. The molecule has 0 unspecified atom stereocenters. The Labute approximate surface area is 194 Å². The monoisotopic (exact) mass is 448 g/mol. The van der Waals surface area contributed by atoms with Gasteiger partial charge in [-0.15, -0.1) is 0 Å². The number of aryl methyl sites for hydroxylation is 2. The molecule has 3 aromatic rings. The third-order valence-corrected chi connectivity index (χ3v) is 6.41. The van der Waals surface area contributed by atoms with Crippen molar-refractivity contribution in [1.82, 2.24) is 9.88 Å². The Morgan fingerprint density at radius 1 is 1.03 bits per heavy atom. The van der Waals surface area contributed by atoms with E-state index >= 15 is 0 Å². The third kappa shape index (κ3) is 4.73. The first-order chi connectivity index (χ1) is 15.7. The number of hydrogen-bond donors (Lipinski definition) is 3. The van der Waals surface area contributed by atoms with Crippen LogP contribution in [0.25, 0.3) is 10.9 Å². The van der Waals surface area contributed by atoms with Crippen molar-refractivity contribution in [2.45, 2.75) is 33.7 Å². The van der Waals surface area contributed by atoms with Crippen LogP contribution >= 0.6 is 0 Å². The molecule has 3 N–H and O–H groups in total. The van der Waals surface area contributed by atoms with Crippen LogP contribution < -0.4 is 10.2 Å². The van der Waals surface area contributed by atoms with Crippen LogP contribution in [0.2, 0.25) is 0 Å². The number of carbonyl (C=O) groups is 2. The lowest BCUT2D eigenvalue weighted by Gasteiger charge is -2.39. The van der Waals surface area contributed by atoms with Crippen LogP contribution in [0.15, 0.2) is 42.6 Å². The fraction of sp³-hybridized carbons (Fsp3) is 0.385. The van der Waals surface area contributed by atoms with Gasteiger partial charge in [0, 0.05) is 66.1 Å². The molecule has 1 aliphatic heterocycles. The van der Waals surface area contributed by atoms with Gasteiger partial charge in [-0.1, -0.05) is 37.6 Å². The van der Waals surface area contributed by atoms with E-state index in [2.05, 4.69) is 47.2 Å². The summed E-state index contributed by atoms with van der Waals surface area (Å²) in [6, 6.07) is 11.3. The molecule has 4 rings (SSSR count). The van der Waals surface area contributed by atoms with Crippen LogP contribution in [0.4, 0.5) is 11.4 Å². The van der Waals surface area contributed by atoms with Gasteiger partial charge in [0.1, 0.15) is 6.04 Å². The van der Waals surface area contributed by atoms with Crippen LogP contribution in [0.1, 0.15) is 36.6 Å². The highest BCUT2D eigenvalue weighted by molar-refractivity contribution is 5.96. The number of hydrogen-bond acceptors (Lipinski definition) is 4. The highest BCUT2D eigenvalue weighted by atomic mass is 16.4. The maximum absolute atomic E-state index is 12.3. The van der Waals surface area contributed by atoms with Crippen molar-refractivity contribution in [2.75, 3.05) is 36.4 Å². The topological polar surface area (TPSA) is 88.7 Å². The maximum atomic E-state index is 12.3. The molecule has 2 aromatic carbocycles. The normalized spacial score (nSPS) is 15.7. The summed E-state index contributed by atoms with van der Waals surface area (Å²) in [6.07, 6.45) is 1.79. The standard InChI is InChI=1S/C26H32N4O3/c1-16(2)25(31)28-19-6-7-20-21(15-27-22(20)14-19)24(26(32)33)30-11-9-29(10-12-30)23-8-5-17(3)13-18(23)4/h5-8,13-16,24,27H,9-12H2,1-4H3,(H,28,31)(H,32,33)/t24-/m1/s1. The first kappa shape index (κ1) is 22.9. The van der Waals surface area contributed by atoms with Crippen LogP contribution in [0.3, 0.4) is 0 Å². The number of carbonyl (C=O) groups excluding carboxylic acids is 1. The van der Waals surface area contributed by atoms with Gasteiger partial charge < -0.3 is 20.3 Å². The predicted octanol–water partition coefficient (Wildman–Crippen LogP) is 4.33. The minimum Gasteiger partial charge on any atom is -0.480 e. The van der Waals surface area contributed by atoms with E-state index in [0.717, 1.165) is 29.6 Å². The SMILES string of the molecule is Cc1ccc(N2CCN([C@@H](C(=O)O)c3c[nH]c4cc(NC(=O)C(C)C)ccc34)CC2)c(C)c1. The van der Waals surface area contributed by atoms with Crippen molar-refractivity contribution in [1.29, 1.82) is 0 Å². The van der Waals surface area contributed by atoms with Gasteiger partial charge in [0.2, 0.25) is 5.91 Å². The van der Waals surface area contributed by atoms with E-state index in [4.69, 9.17) is 0 Å². The molecule has 0 bridgehead atoms. The molecule has 33 heavy (non-hydrogen) atoms. The zero-order valence-electron chi connectivity index (χ0n) is 19.7. The highest BCUT2D eigenvalue weighted by Gasteiger charge is 2.32.